The molecule has 28 heavy (non-hydrogen) atoms. The number of hydrogen-bond donors (Lipinski definition) is 1. The van der Waals surface area contributed by atoms with Crippen LogP contribution in [0, 0.1) is 0 Å². The summed E-state index contributed by atoms with van der Waals surface area (Å²) in [6.07, 6.45) is 2.53. The number of rotatable bonds is 5. The molecule has 146 valence electrons. The molecule has 0 aromatic heterocycles. The molecule has 2 amide bonds. The van der Waals surface area contributed by atoms with Crippen LogP contribution in [0.1, 0.15) is 41.3 Å². The molecule has 2 heterocycles. The van der Waals surface area contributed by atoms with E-state index >= 15 is 0 Å². The van der Waals surface area contributed by atoms with Crippen LogP contribution in [0.25, 0.3) is 0 Å². The van der Waals surface area contributed by atoms with Gasteiger partial charge in [0.25, 0.3) is 5.91 Å². The smallest absolute Gasteiger partial charge is 0.251 e. The van der Waals surface area contributed by atoms with Gasteiger partial charge in [-0.2, -0.15) is 0 Å². The molecule has 1 N–H and O–H groups in total. The summed E-state index contributed by atoms with van der Waals surface area (Å²) < 4.78 is 0. The van der Waals surface area contributed by atoms with Gasteiger partial charge >= 0.3 is 0 Å². The van der Waals surface area contributed by atoms with Gasteiger partial charge in [0.05, 0.1) is 0 Å². The lowest BCUT2D eigenvalue weighted by molar-refractivity contribution is -0.117. The van der Waals surface area contributed by atoms with Crippen molar-refractivity contribution in [2.45, 2.75) is 38.8 Å². The maximum absolute atomic E-state index is 12.6. The van der Waals surface area contributed by atoms with Crippen molar-refractivity contribution in [3.05, 3.63) is 65.2 Å². The van der Waals surface area contributed by atoms with Crippen LogP contribution in [-0.4, -0.2) is 42.4 Å². The Kier molecular flexibility index (Phi) is 5.44. The molecule has 2 aliphatic heterocycles. The number of amides is 2. The van der Waals surface area contributed by atoms with Gasteiger partial charge in [0.15, 0.2) is 0 Å². The first-order chi connectivity index (χ1) is 13.6. The highest BCUT2D eigenvalue weighted by molar-refractivity contribution is 5.99. The third kappa shape index (κ3) is 3.94. The van der Waals surface area contributed by atoms with Gasteiger partial charge in [-0.3, -0.25) is 14.5 Å². The highest BCUT2D eigenvalue weighted by Gasteiger charge is 2.23. The van der Waals surface area contributed by atoms with Gasteiger partial charge in [0, 0.05) is 49.9 Å². The van der Waals surface area contributed by atoms with E-state index < -0.39 is 0 Å². The summed E-state index contributed by atoms with van der Waals surface area (Å²) >= 11 is 0. The van der Waals surface area contributed by atoms with Crippen molar-refractivity contribution < 1.29 is 9.59 Å². The molecule has 5 nitrogen and oxygen atoms in total. The molecule has 0 bridgehead atoms. The zero-order chi connectivity index (χ0) is 19.5. The average Bonchev–Trinajstić information content (AvgIpc) is 3.17. The van der Waals surface area contributed by atoms with Crippen molar-refractivity contribution >= 4 is 17.5 Å². The largest absolute Gasteiger partial charge is 0.350 e. The first kappa shape index (κ1) is 18.7. The van der Waals surface area contributed by atoms with E-state index in [1.807, 2.05) is 18.2 Å². The van der Waals surface area contributed by atoms with Gasteiger partial charge in [0.2, 0.25) is 5.91 Å². The predicted molar refractivity (Wildman–Crippen MR) is 110 cm³/mol. The van der Waals surface area contributed by atoms with E-state index in [0.29, 0.717) is 18.5 Å². The Morgan fingerprint density at radius 2 is 1.89 bits per heavy atom. The molecule has 2 aliphatic rings. The Labute approximate surface area is 166 Å². The topological polar surface area (TPSA) is 52.7 Å². The first-order valence-electron chi connectivity index (χ1n) is 10.1. The van der Waals surface area contributed by atoms with Crippen molar-refractivity contribution in [2.75, 3.05) is 24.5 Å². The van der Waals surface area contributed by atoms with E-state index in [2.05, 4.69) is 41.4 Å². The summed E-state index contributed by atoms with van der Waals surface area (Å²) in [4.78, 5) is 28.8. The van der Waals surface area contributed by atoms with Crippen LogP contribution in [0.5, 0.6) is 0 Å². The minimum absolute atomic E-state index is 0.0854. The summed E-state index contributed by atoms with van der Waals surface area (Å²) in [6.45, 7) is 5.44. The lowest BCUT2D eigenvalue weighted by Gasteiger charge is -2.33. The predicted octanol–water partition coefficient (Wildman–Crippen LogP) is 2.99. The van der Waals surface area contributed by atoms with Crippen molar-refractivity contribution in [1.29, 1.82) is 0 Å². The zero-order valence-corrected chi connectivity index (χ0v) is 16.4. The fourth-order valence-electron chi connectivity index (χ4n) is 4.10. The molecule has 0 saturated carbocycles. The SMILES string of the molecule is CC(CNC(=O)c1cccc(N2CCCC2=O)c1)N1CCc2ccccc2C1. The number of carbonyl (C=O) groups is 2. The Morgan fingerprint density at radius 3 is 2.68 bits per heavy atom. The Balaban J connectivity index is 1.35. The highest BCUT2D eigenvalue weighted by atomic mass is 16.2. The van der Waals surface area contributed by atoms with Crippen LogP contribution in [0.3, 0.4) is 0 Å². The minimum atomic E-state index is -0.0854. The van der Waals surface area contributed by atoms with Crippen LogP contribution < -0.4 is 10.2 Å². The summed E-state index contributed by atoms with van der Waals surface area (Å²) in [6, 6.07) is 16.2. The average molecular weight is 377 g/mol. The van der Waals surface area contributed by atoms with Crippen molar-refractivity contribution in [1.82, 2.24) is 10.2 Å². The molecular formula is C23H27N3O2. The quantitative estimate of drug-likeness (QED) is 0.872. The molecule has 1 saturated heterocycles. The molecule has 1 fully saturated rings. The van der Waals surface area contributed by atoms with Crippen molar-refractivity contribution in [3.63, 3.8) is 0 Å². The van der Waals surface area contributed by atoms with Gasteiger partial charge in [-0.1, -0.05) is 30.3 Å². The second-order valence-electron chi connectivity index (χ2n) is 7.75. The lowest BCUT2D eigenvalue weighted by atomic mass is 9.99. The lowest BCUT2D eigenvalue weighted by Crippen LogP contribution is -2.44. The number of nitrogens with zero attached hydrogens (tertiary/aromatic N) is 2. The van der Waals surface area contributed by atoms with E-state index in [1.54, 1.807) is 11.0 Å². The van der Waals surface area contributed by atoms with E-state index in [9.17, 15) is 9.59 Å². The number of nitrogens with one attached hydrogen (secondary N) is 1. The number of anilines is 1. The fraction of sp³-hybridized carbons (Fsp3) is 0.391. The molecule has 0 aliphatic carbocycles. The molecule has 1 atom stereocenters. The van der Waals surface area contributed by atoms with Crippen LogP contribution in [0.15, 0.2) is 48.5 Å². The summed E-state index contributed by atoms with van der Waals surface area (Å²) in [5.41, 5.74) is 4.24. The van der Waals surface area contributed by atoms with Crippen molar-refractivity contribution in [3.8, 4) is 0 Å². The van der Waals surface area contributed by atoms with Gasteiger partial charge in [-0.25, -0.2) is 0 Å². The first-order valence-corrected chi connectivity index (χ1v) is 10.1. The van der Waals surface area contributed by atoms with E-state index in [-0.39, 0.29) is 17.9 Å². The summed E-state index contributed by atoms with van der Waals surface area (Å²) in [5.74, 6) is 0.0503. The van der Waals surface area contributed by atoms with Gasteiger partial charge < -0.3 is 10.2 Å². The highest BCUT2D eigenvalue weighted by Crippen LogP contribution is 2.23. The number of hydrogen-bond acceptors (Lipinski definition) is 3. The summed E-state index contributed by atoms with van der Waals surface area (Å²) in [7, 11) is 0. The Hall–Kier alpha value is -2.66. The number of carbonyl (C=O) groups excluding carboxylic acids is 2. The van der Waals surface area contributed by atoms with Crippen molar-refractivity contribution in [2.24, 2.45) is 0 Å². The number of fused-ring (bicyclic) bond motifs is 1. The normalized spacial score (nSPS) is 18.0. The Bertz CT molecular complexity index is 880. The summed E-state index contributed by atoms with van der Waals surface area (Å²) in [5, 5.41) is 3.06. The monoisotopic (exact) mass is 377 g/mol. The molecule has 2 aromatic rings. The van der Waals surface area contributed by atoms with E-state index in [0.717, 1.165) is 38.2 Å². The van der Waals surface area contributed by atoms with E-state index in [1.165, 1.54) is 11.1 Å². The van der Waals surface area contributed by atoms with E-state index in [4.69, 9.17) is 0 Å². The maximum atomic E-state index is 12.6. The second-order valence-corrected chi connectivity index (χ2v) is 7.75. The van der Waals surface area contributed by atoms with Crippen LogP contribution in [-0.2, 0) is 17.8 Å². The van der Waals surface area contributed by atoms with Gasteiger partial charge in [-0.05, 0) is 49.1 Å². The Morgan fingerprint density at radius 1 is 1.07 bits per heavy atom. The maximum Gasteiger partial charge on any atom is 0.251 e. The zero-order valence-electron chi connectivity index (χ0n) is 16.4. The molecule has 0 spiro atoms. The standard InChI is InChI=1S/C23H27N3O2/c1-17(25-13-11-18-6-2-3-7-20(18)16-25)15-24-23(28)19-8-4-9-21(14-19)26-12-5-10-22(26)27/h2-4,6-9,14,17H,5,10-13,15-16H2,1H3,(H,24,28). The third-order valence-electron chi connectivity index (χ3n) is 5.83. The van der Waals surface area contributed by atoms with Crippen LogP contribution in [0.4, 0.5) is 5.69 Å². The minimum Gasteiger partial charge on any atom is -0.350 e. The molecule has 2 aromatic carbocycles. The third-order valence-corrected chi connectivity index (χ3v) is 5.83. The molecule has 5 heteroatoms. The van der Waals surface area contributed by atoms with Gasteiger partial charge in [-0.15, -0.1) is 0 Å². The number of benzene rings is 2. The van der Waals surface area contributed by atoms with Crippen LogP contribution in [0.2, 0.25) is 0 Å². The van der Waals surface area contributed by atoms with Gasteiger partial charge in [0.1, 0.15) is 0 Å². The molecule has 4 rings (SSSR count). The molecule has 0 radical (unpaired) electrons. The molecular weight excluding hydrogens is 350 g/mol. The molecule has 1 unspecified atom stereocenters. The second kappa shape index (κ2) is 8.15. The van der Waals surface area contributed by atoms with Crippen LogP contribution >= 0.6 is 0 Å². The fourth-order valence-corrected chi connectivity index (χ4v) is 4.10.